The number of hydrogen-bond acceptors (Lipinski definition) is 5. The SMILES string of the molecule is CN1C2CC(OC(=O)Nc3cc(CCCC(=O)O)ccc3-c3ccccc3)CC1C1OC12. The van der Waals surface area contributed by atoms with Gasteiger partial charge in [0.05, 0.1) is 5.69 Å². The summed E-state index contributed by atoms with van der Waals surface area (Å²) in [6.45, 7) is 0. The number of likely N-dealkylation sites (N-methyl/N-ethyl adjacent to an activating group) is 1. The lowest BCUT2D eigenvalue weighted by Crippen LogP contribution is -2.48. The van der Waals surface area contributed by atoms with E-state index in [1.54, 1.807) is 0 Å². The maximum absolute atomic E-state index is 12.8. The Balaban J connectivity index is 1.29. The number of aliphatic carboxylic acids is 1. The minimum atomic E-state index is -0.803. The third-order valence-corrected chi connectivity index (χ3v) is 6.91. The fraction of sp³-hybridized carbons (Fsp3) is 0.440. The highest BCUT2D eigenvalue weighted by Crippen LogP contribution is 2.48. The van der Waals surface area contributed by atoms with Gasteiger partial charge in [0.15, 0.2) is 0 Å². The smallest absolute Gasteiger partial charge is 0.411 e. The lowest BCUT2D eigenvalue weighted by Gasteiger charge is -2.37. The number of benzene rings is 2. The Hall–Kier alpha value is -2.90. The Kier molecular flexibility index (Phi) is 5.61. The Morgan fingerprint density at radius 3 is 2.53 bits per heavy atom. The molecular formula is C25H28N2O5. The summed E-state index contributed by atoms with van der Waals surface area (Å²) < 4.78 is 11.6. The molecule has 5 rings (SSSR count). The third kappa shape index (κ3) is 4.23. The van der Waals surface area contributed by atoms with Crippen molar-refractivity contribution in [1.82, 2.24) is 4.90 Å². The molecule has 0 aliphatic carbocycles. The van der Waals surface area contributed by atoms with Crippen molar-refractivity contribution in [1.29, 1.82) is 0 Å². The number of amides is 1. The number of rotatable bonds is 7. The van der Waals surface area contributed by atoms with E-state index in [0.717, 1.165) is 29.5 Å². The van der Waals surface area contributed by atoms with Gasteiger partial charge in [-0.05, 0) is 37.1 Å². The van der Waals surface area contributed by atoms with Crippen molar-refractivity contribution in [3.8, 4) is 11.1 Å². The second-order valence-electron chi connectivity index (χ2n) is 8.98. The van der Waals surface area contributed by atoms with Gasteiger partial charge in [0.25, 0.3) is 0 Å². The Morgan fingerprint density at radius 1 is 1.12 bits per heavy atom. The molecule has 7 heteroatoms. The maximum atomic E-state index is 12.8. The fourth-order valence-electron chi connectivity index (χ4n) is 5.25. The molecule has 3 saturated heterocycles. The predicted octanol–water partition coefficient (Wildman–Crippen LogP) is 3.92. The molecule has 3 fully saturated rings. The van der Waals surface area contributed by atoms with Crippen molar-refractivity contribution in [3.63, 3.8) is 0 Å². The van der Waals surface area contributed by atoms with Crippen molar-refractivity contribution in [2.24, 2.45) is 0 Å². The van der Waals surface area contributed by atoms with Crippen LogP contribution in [0.15, 0.2) is 48.5 Å². The van der Waals surface area contributed by atoms with E-state index in [9.17, 15) is 9.59 Å². The minimum Gasteiger partial charge on any atom is -0.481 e. The van der Waals surface area contributed by atoms with Gasteiger partial charge >= 0.3 is 12.1 Å². The third-order valence-electron chi connectivity index (χ3n) is 6.91. The normalized spacial score (nSPS) is 28.1. The van der Waals surface area contributed by atoms with Crippen LogP contribution in [0.3, 0.4) is 0 Å². The summed E-state index contributed by atoms with van der Waals surface area (Å²) in [4.78, 5) is 26.0. The van der Waals surface area contributed by atoms with Crippen LogP contribution in [0.4, 0.5) is 10.5 Å². The summed E-state index contributed by atoms with van der Waals surface area (Å²) in [5, 5.41) is 11.9. The first-order valence-electron chi connectivity index (χ1n) is 11.2. The topological polar surface area (TPSA) is 91.4 Å². The average molecular weight is 437 g/mol. The van der Waals surface area contributed by atoms with Crippen LogP contribution < -0.4 is 5.32 Å². The number of morpholine rings is 1. The van der Waals surface area contributed by atoms with E-state index in [0.29, 0.717) is 42.8 Å². The molecule has 1 amide bonds. The van der Waals surface area contributed by atoms with Crippen molar-refractivity contribution in [2.45, 2.75) is 62.5 Å². The number of carbonyl (C=O) groups is 2. The summed E-state index contributed by atoms with van der Waals surface area (Å²) in [7, 11) is 2.13. The number of nitrogens with one attached hydrogen (secondary N) is 1. The number of hydrogen-bond donors (Lipinski definition) is 2. The first-order chi connectivity index (χ1) is 15.5. The van der Waals surface area contributed by atoms with Gasteiger partial charge in [-0.25, -0.2) is 4.79 Å². The lowest BCUT2D eigenvalue weighted by atomic mass is 9.99. The van der Waals surface area contributed by atoms with Crippen LogP contribution in [-0.4, -0.2) is 59.5 Å². The highest BCUT2D eigenvalue weighted by molar-refractivity contribution is 5.91. The number of nitrogens with zero attached hydrogens (tertiary/aromatic N) is 1. The Morgan fingerprint density at radius 2 is 1.84 bits per heavy atom. The summed E-state index contributed by atoms with van der Waals surface area (Å²) in [5.74, 6) is -0.803. The maximum Gasteiger partial charge on any atom is 0.411 e. The van der Waals surface area contributed by atoms with Gasteiger partial charge in [0.1, 0.15) is 18.3 Å². The predicted molar refractivity (Wildman–Crippen MR) is 120 cm³/mol. The van der Waals surface area contributed by atoms with Gasteiger partial charge in [-0.15, -0.1) is 0 Å². The standard InChI is InChI=1S/C25H28N2O5/c1-27-20-13-17(14-21(27)24-23(20)32-24)31-25(30)26-19-12-15(6-5-9-22(28)29)10-11-18(19)16-7-3-2-4-8-16/h2-4,7-8,10-12,17,20-21,23-24H,5-6,9,13-14H2,1H3,(H,26,30)(H,28,29). The molecule has 7 nitrogen and oxygen atoms in total. The summed E-state index contributed by atoms with van der Waals surface area (Å²) in [5.41, 5.74) is 3.56. The van der Waals surface area contributed by atoms with E-state index < -0.39 is 12.1 Å². The van der Waals surface area contributed by atoms with E-state index in [4.69, 9.17) is 14.6 Å². The van der Waals surface area contributed by atoms with Crippen molar-refractivity contribution >= 4 is 17.7 Å². The lowest BCUT2D eigenvalue weighted by molar-refractivity contribution is -0.137. The molecule has 3 aliphatic heterocycles. The molecule has 2 aromatic rings. The highest BCUT2D eigenvalue weighted by Gasteiger charge is 2.62. The number of aryl methyl sites for hydroxylation is 1. The molecular weight excluding hydrogens is 408 g/mol. The van der Waals surface area contributed by atoms with Gasteiger partial charge in [0.2, 0.25) is 0 Å². The summed E-state index contributed by atoms with van der Waals surface area (Å²) in [6, 6.07) is 16.4. The van der Waals surface area contributed by atoms with Crippen LogP contribution in [0.1, 0.15) is 31.2 Å². The average Bonchev–Trinajstić information content (AvgIpc) is 3.53. The van der Waals surface area contributed by atoms with Gasteiger partial charge in [-0.3, -0.25) is 15.0 Å². The van der Waals surface area contributed by atoms with Crippen LogP contribution >= 0.6 is 0 Å². The van der Waals surface area contributed by atoms with Crippen molar-refractivity contribution in [3.05, 3.63) is 54.1 Å². The molecule has 4 unspecified atom stereocenters. The van der Waals surface area contributed by atoms with Crippen LogP contribution in [0.25, 0.3) is 11.1 Å². The van der Waals surface area contributed by atoms with Crippen LogP contribution in [-0.2, 0) is 20.7 Å². The monoisotopic (exact) mass is 436 g/mol. The fourth-order valence-corrected chi connectivity index (χ4v) is 5.25. The first kappa shape index (κ1) is 21.0. The number of ether oxygens (including phenoxy) is 2. The second kappa shape index (κ2) is 8.56. The van der Waals surface area contributed by atoms with Crippen molar-refractivity contribution in [2.75, 3.05) is 12.4 Å². The van der Waals surface area contributed by atoms with Crippen LogP contribution in [0.2, 0.25) is 0 Å². The summed E-state index contributed by atoms with van der Waals surface area (Å²) >= 11 is 0. The molecule has 0 saturated carbocycles. The van der Waals surface area contributed by atoms with Gasteiger partial charge in [0, 0.05) is 36.9 Å². The largest absolute Gasteiger partial charge is 0.481 e. The quantitative estimate of drug-likeness (QED) is 0.640. The van der Waals surface area contributed by atoms with E-state index in [2.05, 4.69) is 17.3 Å². The van der Waals surface area contributed by atoms with E-state index >= 15 is 0 Å². The number of carboxylic acid groups (broad SMARTS) is 1. The number of anilines is 1. The van der Waals surface area contributed by atoms with E-state index in [1.165, 1.54) is 0 Å². The molecule has 0 spiro atoms. The zero-order valence-electron chi connectivity index (χ0n) is 18.1. The Bertz CT molecular complexity index is 993. The van der Waals surface area contributed by atoms with Crippen LogP contribution in [0, 0.1) is 0 Å². The van der Waals surface area contributed by atoms with Crippen molar-refractivity contribution < 1.29 is 24.2 Å². The Labute approximate surface area is 187 Å². The molecule has 32 heavy (non-hydrogen) atoms. The zero-order valence-corrected chi connectivity index (χ0v) is 18.1. The number of carboxylic acids is 1. The number of epoxide rings is 1. The molecule has 2 N–H and O–H groups in total. The first-order valence-corrected chi connectivity index (χ1v) is 11.2. The molecule has 2 aromatic carbocycles. The van der Waals surface area contributed by atoms with Gasteiger partial charge in [-0.1, -0.05) is 42.5 Å². The molecule has 3 heterocycles. The van der Waals surface area contributed by atoms with E-state index in [-0.39, 0.29) is 12.5 Å². The van der Waals surface area contributed by atoms with E-state index in [1.807, 2.05) is 48.5 Å². The molecule has 168 valence electrons. The van der Waals surface area contributed by atoms with Crippen LogP contribution in [0.5, 0.6) is 0 Å². The molecule has 2 bridgehead atoms. The second-order valence-corrected chi connectivity index (χ2v) is 8.98. The van der Waals surface area contributed by atoms with Gasteiger partial charge < -0.3 is 14.6 Å². The molecule has 4 atom stereocenters. The molecule has 0 radical (unpaired) electrons. The highest BCUT2D eigenvalue weighted by atomic mass is 16.6. The molecule has 0 aromatic heterocycles. The zero-order chi connectivity index (χ0) is 22.2. The molecule has 3 aliphatic rings. The minimum absolute atomic E-state index is 0.114. The number of fused-ring (bicyclic) bond motifs is 5. The number of carbonyl (C=O) groups excluding carboxylic acids is 1. The number of piperidine rings is 1. The summed E-state index contributed by atoms with van der Waals surface area (Å²) in [6.07, 6.45) is 2.92. The van der Waals surface area contributed by atoms with Gasteiger partial charge in [-0.2, -0.15) is 0 Å².